The minimum atomic E-state index is -0.250. The van der Waals surface area contributed by atoms with Crippen molar-refractivity contribution in [3.8, 4) is 0 Å². The van der Waals surface area contributed by atoms with E-state index in [9.17, 15) is 4.79 Å². The average Bonchev–Trinajstić information content (AvgIpc) is 1.98. The average molecular weight is 157 g/mol. The Morgan fingerprint density at radius 2 is 2.27 bits per heavy atom. The summed E-state index contributed by atoms with van der Waals surface area (Å²) in [5.74, 6) is -0.250. The molecule has 0 unspecified atom stereocenters. The summed E-state index contributed by atoms with van der Waals surface area (Å²) < 4.78 is 0. The van der Waals surface area contributed by atoms with Crippen LogP contribution in [0, 0.1) is 0 Å². The van der Waals surface area contributed by atoms with Gasteiger partial charge in [-0.2, -0.15) is 0 Å². The molecule has 0 aliphatic rings. The van der Waals surface area contributed by atoms with Gasteiger partial charge in [-0.15, -0.1) is 6.58 Å². The van der Waals surface area contributed by atoms with Crippen LogP contribution in [0.5, 0.6) is 0 Å². The monoisotopic (exact) mass is 157 g/mol. The van der Waals surface area contributed by atoms with Crippen LogP contribution in [0.1, 0.15) is 26.7 Å². The fourth-order valence-electron chi connectivity index (χ4n) is 0.628. The Bertz CT molecular complexity index is 143. The van der Waals surface area contributed by atoms with Crippen molar-refractivity contribution >= 4 is 5.91 Å². The van der Waals surface area contributed by atoms with Crippen LogP contribution in [0.15, 0.2) is 12.7 Å². The zero-order valence-electron chi connectivity index (χ0n) is 7.08. The molecule has 0 atom stereocenters. The zero-order chi connectivity index (χ0) is 8.85. The molecule has 0 aliphatic heterocycles. The van der Waals surface area contributed by atoms with E-state index < -0.39 is 0 Å². The number of allylic oxidation sites excluding steroid dienone is 1. The second-order valence-electron chi connectivity index (χ2n) is 2.66. The van der Waals surface area contributed by atoms with Crippen molar-refractivity contribution in [2.24, 2.45) is 0 Å². The zero-order valence-corrected chi connectivity index (χ0v) is 7.08. The first-order valence-corrected chi connectivity index (χ1v) is 3.71. The van der Waals surface area contributed by atoms with E-state index in [2.05, 4.69) is 6.58 Å². The maximum atomic E-state index is 11.0. The maximum absolute atomic E-state index is 11.0. The molecule has 0 aromatic heterocycles. The molecule has 64 valence electrons. The summed E-state index contributed by atoms with van der Waals surface area (Å²) in [6.07, 6.45) is 2.60. The fourth-order valence-corrected chi connectivity index (χ4v) is 0.628. The Labute approximate surface area is 67.3 Å². The van der Waals surface area contributed by atoms with Crippen molar-refractivity contribution in [2.75, 3.05) is 0 Å². The molecule has 3 nitrogen and oxygen atoms in total. The van der Waals surface area contributed by atoms with E-state index in [1.54, 1.807) is 19.9 Å². The van der Waals surface area contributed by atoms with Crippen LogP contribution in [-0.4, -0.2) is 22.2 Å². The van der Waals surface area contributed by atoms with Gasteiger partial charge < -0.3 is 0 Å². The first-order valence-electron chi connectivity index (χ1n) is 3.71. The molecule has 0 saturated heterocycles. The van der Waals surface area contributed by atoms with E-state index in [0.717, 1.165) is 5.06 Å². The summed E-state index contributed by atoms with van der Waals surface area (Å²) in [4.78, 5) is 11.0. The van der Waals surface area contributed by atoms with Gasteiger partial charge in [0.15, 0.2) is 0 Å². The summed E-state index contributed by atoms with van der Waals surface area (Å²) in [7, 11) is 0. The van der Waals surface area contributed by atoms with Gasteiger partial charge in [-0.1, -0.05) is 6.08 Å². The molecule has 0 spiro atoms. The number of carbonyl (C=O) groups is 1. The molecule has 11 heavy (non-hydrogen) atoms. The molecule has 0 aliphatic carbocycles. The highest BCUT2D eigenvalue weighted by atomic mass is 16.5. The third kappa shape index (κ3) is 3.78. The van der Waals surface area contributed by atoms with E-state index >= 15 is 0 Å². The lowest BCUT2D eigenvalue weighted by atomic mass is 10.2. The van der Waals surface area contributed by atoms with Crippen LogP contribution >= 0.6 is 0 Å². The van der Waals surface area contributed by atoms with Gasteiger partial charge >= 0.3 is 0 Å². The molecule has 0 aromatic rings. The standard InChI is InChI=1S/C8H15NO2/c1-4-5-6-8(10)9(11)7(2)3/h4,7,11H,1,5-6H2,2-3H3. The lowest BCUT2D eigenvalue weighted by molar-refractivity contribution is -0.172. The molecule has 0 bridgehead atoms. The van der Waals surface area contributed by atoms with Crippen LogP contribution in [0.4, 0.5) is 0 Å². The molecule has 3 heteroatoms. The fraction of sp³-hybridized carbons (Fsp3) is 0.625. The summed E-state index contributed by atoms with van der Waals surface area (Å²) in [6.45, 7) is 7.00. The third-order valence-electron chi connectivity index (χ3n) is 1.31. The van der Waals surface area contributed by atoms with Gasteiger partial charge in [0.1, 0.15) is 0 Å². The smallest absolute Gasteiger partial charge is 0.246 e. The van der Waals surface area contributed by atoms with Crippen molar-refractivity contribution in [1.82, 2.24) is 5.06 Å². The van der Waals surface area contributed by atoms with Crippen LogP contribution in [0.25, 0.3) is 0 Å². The Hall–Kier alpha value is -0.830. The normalized spacial score (nSPS) is 9.82. The SMILES string of the molecule is C=CCCC(=O)N(O)C(C)C. The maximum Gasteiger partial charge on any atom is 0.246 e. The predicted molar refractivity (Wildman–Crippen MR) is 43.2 cm³/mol. The van der Waals surface area contributed by atoms with Crippen molar-refractivity contribution in [3.63, 3.8) is 0 Å². The Morgan fingerprint density at radius 3 is 2.64 bits per heavy atom. The molecule has 0 heterocycles. The van der Waals surface area contributed by atoms with Crippen LogP contribution in [0.3, 0.4) is 0 Å². The molecule has 0 aromatic carbocycles. The molecule has 0 saturated carbocycles. The lowest BCUT2D eigenvalue weighted by Crippen LogP contribution is -2.33. The molecule has 0 fully saturated rings. The second kappa shape index (κ2) is 4.91. The highest BCUT2D eigenvalue weighted by molar-refractivity contribution is 5.75. The number of amides is 1. The van der Waals surface area contributed by atoms with E-state index in [1.807, 2.05) is 0 Å². The first-order chi connectivity index (χ1) is 5.09. The summed E-state index contributed by atoms with van der Waals surface area (Å²) in [6, 6.07) is -0.146. The highest BCUT2D eigenvalue weighted by Crippen LogP contribution is 1.99. The number of hydrogen-bond acceptors (Lipinski definition) is 2. The minimum absolute atomic E-state index is 0.146. The van der Waals surface area contributed by atoms with Crippen molar-refractivity contribution in [3.05, 3.63) is 12.7 Å². The van der Waals surface area contributed by atoms with E-state index in [-0.39, 0.29) is 11.9 Å². The van der Waals surface area contributed by atoms with Crippen molar-refractivity contribution in [1.29, 1.82) is 0 Å². The number of nitrogens with zero attached hydrogens (tertiary/aromatic N) is 1. The lowest BCUT2D eigenvalue weighted by Gasteiger charge is -2.18. The number of hydroxylamine groups is 2. The van der Waals surface area contributed by atoms with Gasteiger partial charge in [-0.05, 0) is 20.3 Å². The van der Waals surface area contributed by atoms with Gasteiger partial charge in [0.05, 0.1) is 6.04 Å². The van der Waals surface area contributed by atoms with Crippen molar-refractivity contribution in [2.45, 2.75) is 32.7 Å². The predicted octanol–water partition coefficient (Wildman–Crippen LogP) is 1.58. The number of carbonyl (C=O) groups excluding carboxylic acids is 1. The molecule has 0 radical (unpaired) electrons. The van der Waals surface area contributed by atoms with Gasteiger partial charge in [-0.25, -0.2) is 5.06 Å². The minimum Gasteiger partial charge on any atom is -0.286 e. The largest absolute Gasteiger partial charge is 0.286 e. The first kappa shape index (κ1) is 10.2. The van der Waals surface area contributed by atoms with Crippen molar-refractivity contribution < 1.29 is 10.0 Å². The summed E-state index contributed by atoms with van der Waals surface area (Å²) >= 11 is 0. The van der Waals surface area contributed by atoms with Gasteiger partial charge in [0.2, 0.25) is 5.91 Å². The quantitative estimate of drug-likeness (QED) is 0.382. The van der Waals surface area contributed by atoms with Gasteiger partial charge in [-0.3, -0.25) is 10.0 Å². The van der Waals surface area contributed by atoms with E-state index in [4.69, 9.17) is 5.21 Å². The van der Waals surface area contributed by atoms with Gasteiger partial charge in [0.25, 0.3) is 0 Å². The van der Waals surface area contributed by atoms with E-state index in [1.165, 1.54) is 0 Å². The Kier molecular flexibility index (Phi) is 4.54. The third-order valence-corrected chi connectivity index (χ3v) is 1.31. The van der Waals surface area contributed by atoms with Crippen LogP contribution in [0.2, 0.25) is 0 Å². The second-order valence-corrected chi connectivity index (χ2v) is 2.66. The molecule has 0 rings (SSSR count). The number of hydrogen-bond donors (Lipinski definition) is 1. The van der Waals surface area contributed by atoms with Crippen LogP contribution in [-0.2, 0) is 4.79 Å². The molecular formula is C8H15NO2. The topological polar surface area (TPSA) is 40.5 Å². The van der Waals surface area contributed by atoms with Crippen LogP contribution < -0.4 is 0 Å². The summed E-state index contributed by atoms with van der Waals surface area (Å²) in [5, 5.41) is 9.82. The number of rotatable bonds is 4. The van der Waals surface area contributed by atoms with E-state index in [0.29, 0.717) is 12.8 Å². The molecule has 1 N–H and O–H groups in total. The Balaban J connectivity index is 3.73. The summed E-state index contributed by atoms with van der Waals surface area (Å²) in [5.41, 5.74) is 0. The Morgan fingerprint density at radius 1 is 1.73 bits per heavy atom. The molecular weight excluding hydrogens is 142 g/mol. The van der Waals surface area contributed by atoms with Gasteiger partial charge in [0, 0.05) is 6.42 Å². The highest BCUT2D eigenvalue weighted by Gasteiger charge is 2.12. The molecule has 1 amide bonds.